The molecule has 4 rings (SSSR count). The van der Waals surface area contributed by atoms with Crippen LogP contribution in [0.1, 0.15) is 17.5 Å². The van der Waals surface area contributed by atoms with Crippen molar-refractivity contribution in [1.82, 2.24) is 4.90 Å². The van der Waals surface area contributed by atoms with Crippen LogP contribution in [0.25, 0.3) is 0 Å². The Morgan fingerprint density at radius 1 is 1.11 bits per heavy atom. The van der Waals surface area contributed by atoms with Gasteiger partial charge in [0.2, 0.25) is 0 Å². The van der Waals surface area contributed by atoms with Gasteiger partial charge in [-0.2, -0.15) is 0 Å². The average molecular weight is 390 g/mol. The minimum atomic E-state index is 0.542. The number of fused-ring (bicyclic) bond motifs is 2. The zero-order valence-corrected chi connectivity index (χ0v) is 16.4. The van der Waals surface area contributed by atoms with E-state index in [1.165, 1.54) is 0 Å². The van der Waals surface area contributed by atoms with Crippen molar-refractivity contribution < 1.29 is 18.9 Å². The van der Waals surface area contributed by atoms with Gasteiger partial charge in [0, 0.05) is 48.5 Å². The number of methoxy groups -OCH3 is 2. The first-order valence-electron chi connectivity index (χ1n) is 9.18. The van der Waals surface area contributed by atoms with Gasteiger partial charge in [0.15, 0.2) is 11.5 Å². The topological polar surface area (TPSA) is 40.2 Å². The summed E-state index contributed by atoms with van der Waals surface area (Å²) in [6.45, 7) is 4.11. The molecule has 6 heteroatoms. The highest BCUT2D eigenvalue weighted by atomic mass is 35.5. The maximum atomic E-state index is 6.51. The van der Waals surface area contributed by atoms with Gasteiger partial charge in [-0.15, -0.1) is 0 Å². The highest BCUT2D eigenvalue weighted by molar-refractivity contribution is 6.31. The molecular formula is C21H24ClNO4. The SMILES string of the molecule is COc1cc2c(cc1OC)Oc1cccc(Cl)c1CN(CC1CCOC1)C2. The van der Waals surface area contributed by atoms with Gasteiger partial charge in [-0.3, -0.25) is 4.90 Å². The van der Waals surface area contributed by atoms with Crippen molar-refractivity contribution in [3.8, 4) is 23.0 Å². The fraction of sp³-hybridized carbons (Fsp3) is 0.429. The van der Waals surface area contributed by atoms with E-state index in [9.17, 15) is 0 Å². The molecule has 144 valence electrons. The molecule has 0 aliphatic carbocycles. The molecule has 1 unspecified atom stereocenters. The Kier molecular flexibility index (Phi) is 5.43. The van der Waals surface area contributed by atoms with E-state index in [0.29, 0.717) is 17.4 Å². The third-order valence-electron chi connectivity index (χ3n) is 5.18. The first-order valence-corrected chi connectivity index (χ1v) is 9.56. The summed E-state index contributed by atoms with van der Waals surface area (Å²) in [6, 6.07) is 9.68. The lowest BCUT2D eigenvalue weighted by molar-refractivity contribution is 0.159. The van der Waals surface area contributed by atoms with Crippen molar-refractivity contribution >= 4 is 11.6 Å². The number of rotatable bonds is 4. The van der Waals surface area contributed by atoms with Crippen LogP contribution in [-0.2, 0) is 17.8 Å². The predicted molar refractivity (Wildman–Crippen MR) is 104 cm³/mol. The summed E-state index contributed by atoms with van der Waals surface area (Å²) in [6.07, 6.45) is 1.10. The van der Waals surface area contributed by atoms with Crippen LogP contribution >= 0.6 is 11.6 Å². The summed E-state index contributed by atoms with van der Waals surface area (Å²) in [5, 5.41) is 0.726. The Morgan fingerprint density at radius 3 is 2.67 bits per heavy atom. The molecule has 0 aromatic heterocycles. The second-order valence-corrected chi connectivity index (χ2v) is 7.44. The van der Waals surface area contributed by atoms with Gasteiger partial charge in [0.25, 0.3) is 0 Å². The summed E-state index contributed by atoms with van der Waals surface area (Å²) in [7, 11) is 3.28. The van der Waals surface area contributed by atoms with Crippen LogP contribution in [0.5, 0.6) is 23.0 Å². The van der Waals surface area contributed by atoms with E-state index < -0.39 is 0 Å². The first-order chi connectivity index (χ1) is 13.2. The van der Waals surface area contributed by atoms with Crippen LogP contribution in [0.3, 0.4) is 0 Å². The summed E-state index contributed by atoms with van der Waals surface area (Å²) < 4.78 is 22.8. The smallest absolute Gasteiger partial charge is 0.164 e. The molecule has 1 fully saturated rings. The van der Waals surface area contributed by atoms with Gasteiger partial charge >= 0.3 is 0 Å². The largest absolute Gasteiger partial charge is 0.493 e. The second-order valence-electron chi connectivity index (χ2n) is 7.03. The van der Waals surface area contributed by atoms with E-state index >= 15 is 0 Å². The highest BCUT2D eigenvalue weighted by Crippen LogP contribution is 2.41. The van der Waals surface area contributed by atoms with E-state index in [1.54, 1.807) is 14.2 Å². The summed E-state index contributed by atoms with van der Waals surface area (Å²) in [4.78, 5) is 2.41. The second kappa shape index (κ2) is 7.97. The standard InChI is InChI=1S/C21H24ClNO4/c1-24-20-8-15-11-23(10-14-6-7-26-13-14)12-16-17(22)4-3-5-18(16)27-19(15)9-21(20)25-2/h3-5,8-9,14H,6-7,10-13H2,1-2H3. The number of hydrogen-bond acceptors (Lipinski definition) is 5. The van der Waals surface area contributed by atoms with Crippen molar-refractivity contribution in [2.45, 2.75) is 19.5 Å². The molecule has 1 saturated heterocycles. The third kappa shape index (κ3) is 3.86. The zero-order chi connectivity index (χ0) is 18.8. The Morgan fingerprint density at radius 2 is 1.93 bits per heavy atom. The molecule has 1 atom stereocenters. The van der Waals surface area contributed by atoms with Crippen LogP contribution < -0.4 is 14.2 Å². The third-order valence-corrected chi connectivity index (χ3v) is 5.53. The fourth-order valence-electron chi connectivity index (χ4n) is 3.77. The summed E-state index contributed by atoms with van der Waals surface area (Å²) >= 11 is 6.51. The van der Waals surface area contributed by atoms with Crippen molar-refractivity contribution in [3.05, 3.63) is 46.5 Å². The molecule has 2 aliphatic heterocycles. The van der Waals surface area contributed by atoms with Crippen molar-refractivity contribution in [2.24, 2.45) is 5.92 Å². The number of benzene rings is 2. The monoisotopic (exact) mass is 389 g/mol. The molecule has 0 bridgehead atoms. The minimum Gasteiger partial charge on any atom is -0.493 e. The van der Waals surface area contributed by atoms with E-state index in [-0.39, 0.29) is 0 Å². The maximum Gasteiger partial charge on any atom is 0.164 e. The van der Waals surface area contributed by atoms with Crippen LogP contribution in [0.4, 0.5) is 0 Å². The lowest BCUT2D eigenvalue weighted by atomic mass is 10.0. The first kappa shape index (κ1) is 18.4. The molecule has 5 nitrogen and oxygen atoms in total. The van der Waals surface area contributed by atoms with E-state index in [1.807, 2.05) is 30.3 Å². The molecule has 0 radical (unpaired) electrons. The van der Waals surface area contributed by atoms with Crippen molar-refractivity contribution in [1.29, 1.82) is 0 Å². The van der Waals surface area contributed by atoms with Gasteiger partial charge in [0.1, 0.15) is 11.5 Å². The molecule has 27 heavy (non-hydrogen) atoms. The molecule has 0 saturated carbocycles. The molecule has 2 heterocycles. The van der Waals surface area contributed by atoms with E-state index in [4.69, 9.17) is 30.5 Å². The molecule has 0 spiro atoms. The molecule has 2 aliphatic rings. The highest BCUT2D eigenvalue weighted by Gasteiger charge is 2.25. The molecule has 2 aromatic carbocycles. The maximum absolute atomic E-state index is 6.51. The Hall–Kier alpha value is -1.95. The minimum absolute atomic E-state index is 0.542. The molecule has 0 amide bonds. The Balaban J connectivity index is 1.75. The summed E-state index contributed by atoms with van der Waals surface area (Å²) in [5.74, 6) is 3.44. The van der Waals surface area contributed by atoms with Gasteiger partial charge in [-0.05, 0) is 30.5 Å². The number of hydrogen-bond donors (Lipinski definition) is 0. The van der Waals surface area contributed by atoms with Crippen LogP contribution in [0.2, 0.25) is 5.02 Å². The van der Waals surface area contributed by atoms with Crippen molar-refractivity contribution in [2.75, 3.05) is 34.0 Å². The predicted octanol–water partition coefficient (Wildman–Crippen LogP) is 4.50. The van der Waals surface area contributed by atoms with Gasteiger partial charge in [-0.25, -0.2) is 0 Å². The van der Waals surface area contributed by atoms with Crippen molar-refractivity contribution in [3.63, 3.8) is 0 Å². The average Bonchev–Trinajstić information content (AvgIpc) is 3.16. The summed E-state index contributed by atoms with van der Waals surface area (Å²) in [5.41, 5.74) is 2.08. The molecular weight excluding hydrogens is 366 g/mol. The molecule has 2 aromatic rings. The van der Waals surface area contributed by atoms with Crippen LogP contribution in [0.15, 0.2) is 30.3 Å². The van der Waals surface area contributed by atoms with E-state index in [2.05, 4.69) is 4.90 Å². The number of ether oxygens (including phenoxy) is 4. The Bertz CT molecular complexity index is 820. The zero-order valence-electron chi connectivity index (χ0n) is 15.7. The Labute approximate surface area is 164 Å². The number of nitrogens with zero attached hydrogens (tertiary/aromatic N) is 1. The van der Waals surface area contributed by atoms with Crippen LogP contribution in [-0.4, -0.2) is 38.9 Å². The lowest BCUT2D eigenvalue weighted by Gasteiger charge is -2.30. The van der Waals surface area contributed by atoms with E-state index in [0.717, 1.165) is 66.9 Å². The number of halogens is 1. The van der Waals surface area contributed by atoms with Gasteiger partial charge in [-0.1, -0.05) is 17.7 Å². The van der Waals surface area contributed by atoms with Gasteiger partial charge in [0.05, 0.1) is 20.8 Å². The van der Waals surface area contributed by atoms with Crippen LogP contribution in [0, 0.1) is 5.92 Å². The quantitative estimate of drug-likeness (QED) is 0.769. The molecule has 0 N–H and O–H groups in total. The normalized spacial score (nSPS) is 19.4. The van der Waals surface area contributed by atoms with Gasteiger partial charge < -0.3 is 18.9 Å². The fourth-order valence-corrected chi connectivity index (χ4v) is 4.00. The lowest BCUT2D eigenvalue weighted by Crippen LogP contribution is -2.30.